The monoisotopic (exact) mass is 580 g/mol. The fourth-order valence-electron chi connectivity index (χ4n) is 3.18. The molecule has 0 aliphatic rings. The summed E-state index contributed by atoms with van der Waals surface area (Å²) in [6, 6.07) is 11.9. The number of hydrogen-bond acceptors (Lipinski definition) is 6. The van der Waals surface area contributed by atoms with E-state index in [0.29, 0.717) is 35.0 Å². The average molecular weight is 580 g/mol. The number of ether oxygens (including phenoxy) is 2. The van der Waals surface area contributed by atoms with Crippen molar-refractivity contribution in [2.75, 3.05) is 17.7 Å². The molecular weight excluding hydrogens is 551 g/mol. The van der Waals surface area contributed by atoms with Gasteiger partial charge in [0.1, 0.15) is 6.61 Å². The van der Waals surface area contributed by atoms with Crippen LogP contribution in [0.3, 0.4) is 0 Å². The molecule has 0 saturated carbocycles. The molecule has 1 aromatic heterocycles. The minimum Gasteiger partial charge on any atom is -0.490 e. The molecule has 9 heteroatoms. The van der Waals surface area contributed by atoms with E-state index in [-0.39, 0.29) is 18.3 Å². The van der Waals surface area contributed by atoms with Crippen LogP contribution >= 0.6 is 34.4 Å². The maximum Gasteiger partial charge on any atom is 0.234 e. The zero-order valence-electron chi connectivity index (χ0n) is 19.5. The van der Waals surface area contributed by atoms with Crippen LogP contribution in [0.25, 0.3) is 0 Å². The zero-order chi connectivity index (χ0) is 24.0. The van der Waals surface area contributed by atoms with Crippen molar-refractivity contribution >= 4 is 45.9 Å². The van der Waals surface area contributed by atoms with Gasteiger partial charge < -0.3 is 19.4 Å². The second-order valence-corrected chi connectivity index (χ2v) is 10.0. The molecule has 0 atom stereocenters. The first kappa shape index (κ1) is 25.4. The number of halogens is 1. The van der Waals surface area contributed by atoms with Crippen molar-refractivity contribution in [3.05, 3.63) is 56.9 Å². The number of nitrogens with one attached hydrogen (secondary N) is 1. The van der Waals surface area contributed by atoms with Gasteiger partial charge in [0.15, 0.2) is 22.5 Å². The van der Waals surface area contributed by atoms with Crippen molar-refractivity contribution in [3.8, 4) is 11.5 Å². The normalized spacial score (nSPS) is 11.0. The van der Waals surface area contributed by atoms with E-state index in [2.05, 4.69) is 58.0 Å². The van der Waals surface area contributed by atoms with Gasteiger partial charge >= 0.3 is 0 Å². The second-order valence-electron chi connectivity index (χ2n) is 7.85. The highest BCUT2D eigenvalue weighted by Gasteiger charge is 2.15. The van der Waals surface area contributed by atoms with Crippen LogP contribution in [-0.4, -0.2) is 33.0 Å². The van der Waals surface area contributed by atoms with Gasteiger partial charge in [-0.3, -0.25) is 4.79 Å². The number of hydrogen-bond donors (Lipinski definition) is 1. The molecular formula is C24H29IN4O3S. The largest absolute Gasteiger partial charge is 0.490 e. The number of thioether (sulfide) groups is 1. The third-order valence-corrected chi connectivity index (χ3v) is 6.61. The van der Waals surface area contributed by atoms with Crippen LogP contribution in [0.1, 0.15) is 43.6 Å². The Labute approximate surface area is 212 Å². The first-order valence-corrected chi connectivity index (χ1v) is 12.8. The Balaban J connectivity index is 1.59. The number of carbonyl (C=O) groups excluding carboxylic acids is 1. The van der Waals surface area contributed by atoms with Gasteiger partial charge in [0.25, 0.3) is 0 Å². The molecule has 2 aromatic carbocycles. The molecule has 0 radical (unpaired) electrons. The molecule has 7 nitrogen and oxygen atoms in total. The summed E-state index contributed by atoms with van der Waals surface area (Å²) < 4.78 is 14.6. The van der Waals surface area contributed by atoms with Crippen molar-refractivity contribution in [1.82, 2.24) is 14.8 Å². The maximum atomic E-state index is 12.6. The molecule has 1 heterocycles. The third kappa shape index (κ3) is 6.86. The van der Waals surface area contributed by atoms with Gasteiger partial charge in [-0.25, -0.2) is 0 Å². The number of carbonyl (C=O) groups is 1. The molecule has 1 amide bonds. The molecule has 0 saturated heterocycles. The zero-order valence-corrected chi connectivity index (χ0v) is 22.5. The maximum absolute atomic E-state index is 12.6. The molecule has 33 heavy (non-hydrogen) atoms. The van der Waals surface area contributed by atoms with E-state index in [0.717, 1.165) is 20.4 Å². The summed E-state index contributed by atoms with van der Waals surface area (Å²) in [5, 5.41) is 12.1. The first-order valence-electron chi connectivity index (χ1n) is 10.7. The number of aromatic nitrogens is 3. The van der Waals surface area contributed by atoms with E-state index in [1.165, 1.54) is 11.8 Å². The SMILES string of the molecule is CCOc1cc(C)ccc1OCc1nnc(SCC(=O)Nc2ccc(I)cc2C(C)C)n1C. The van der Waals surface area contributed by atoms with E-state index >= 15 is 0 Å². The molecule has 3 rings (SSSR count). The molecule has 0 bridgehead atoms. The lowest BCUT2D eigenvalue weighted by atomic mass is 10.0. The number of rotatable bonds is 10. The Hall–Kier alpha value is -2.27. The van der Waals surface area contributed by atoms with Gasteiger partial charge in [0.2, 0.25) is 5.91 Å². The van der Waals surface area contributed by atoms with Gasteiger partial charge in [-0.2, -0.15) is 0 Å². The lowest BCUT2D eigenvalue weighted by Crippen LogP contribution is -2.16. The van der Waals surface area contributed by atoms with E-state index in [9.17, 15) is 4.79 Å². The minimum atomic E-state index is -0.0788. The van der Waals surface area contributed by atoms with Crippen LogP contribution in [0.2, 0.25) is 0 Å². The van der Waals surface area contributed by atoms with E-state index in [1.54, 1.807) is 0 Å². The van der Waals surface area contributed by atoms with Gasteiger partial charge in [-0.15, -0.1) is 10.2 Å². The Morgan fingerprint density at radius 2 is 1.94 bits per heavy atom. The Bertz CT molecular complexity index is 1120. The molecule has 1 N–H and O–H groups in total. The molecule has 3 aromatic rings. The molecule has 0 fully saturated rings. The van der Waals surface area contributed by atoms with Crippen molar-refractivity contribution in [3.63, 3.8) is 0 Å². The van der Waals surface area contributed by atoms with E-state index in [1.807, 2.05) is 55.8 Å². The van der Waals surface area contributed by atoms with Crippen molar-refractivity contribution in [2.45, 2.75) is 45.4 Å². The minimum absolute atomic E-state index is 0.0788. The molecule has 176 valence electrons. The fourth-order valence-corrected chi connectivity index (χ4v) is 4.43. The highest BCUT2D eigenvalue weighted by molar-refractivity contribution is 14.1. The summed E-state index contributed by atoms with van der Waals surface area (Å²) in [4.78, 5) is 12.6. The Morgan fingerprint density at radius 1 is 1.15 bits per heavy atom. The highest BCUT2D eigenvalue weighted by atomic mass is 127. The van der Waals surface area contributed by atoms with E-state index < -0.39 is 0 Å². The van der Waals surface area contributed by atoms with Crippen LogP contribution in [0.5, 0.6) is 11.5 Å². The molecule has 0 aliphatic carbocycles. The fraction of sp³-hybridized carbons (Fsp3) is 0.375. The molecule has 0 aliphatic heterocycles. The summed E-state index contributed by atoms with van der Waals surface area (Å²) in [7, 11) is 1.87. The predicted octanol–water partition coefficient (Wildman–Crippen LogP) is 5.56. The average Bonchev–Trinajstić information content (AvgIpc) is 3.12. The van der Waals surface area contributed by atoms with E-state index in [4.69, 9.17) is 9.47 Å². The second kappa shape index (κ2) is 11.7. The number of amides is 1. The standard InChI is InChI=1S/C24H29IN4O3S/c1-6-31-21-11-16(4)7-10-20(21)32-13-22-27-28-24(29(22)5)33-14-23(30)26-19-9-8-17(25)12-18(19)15(2)3/h7-12,15H,6,13-14H2,1-5H3,(H,26,30). The van der Waals surface area contributed by atoms with Crippen LogP contribution in [0.15, 0.2) is 41.6 Å². The van der Waals surface area contributed by atoms with Gasteiger partial charge in [0, 0.05) is 16.3 Å². The van der Waals surface area contributed by atoms with Gasteiger partial charge in [-0.1, -0.05) is 31.7 Å². The quantitative estimate of drug-likeness (QED) is 0.250. The summed E-state index contributed by atoms with van der Waals surface area (Å²) in [5.41, 5.74) is 3.08. The van der Waals surface area contributed by atoms with Crippen LogP contribution in [0, 0.1) is 10.5 Å². The molecule has 0 spiro atoms. The predicted molar refractivity (Wildman–Crippen MR) is 140 cm³/mol. The smallest absolute Gasteiger partial charge is 0.234 e. The lowest BCUT2D eigenvalue weighted by molar-refractivity contribution is -0.113. The highest BCUT2D eigenvalue weighted by Crippen LogP contribution is 2.29. The van der Waals surface area contributed by atoms with Crippen LogP contribution in [0.4, 0.5) is 5.69 Å². The lowest BCUT2D eigenvalue weighted by Gasteiger charge is -2.14. The number of benzene rings is 2. The number of nitrogens with zero attached hydrogens (tertiary/aromatic N) is 3. The van der Waals surface area contributed by atoms with Gasteiger partial charge in [-0.05, 0) is 83.8 Å². The van der Waals surface area contributed by atoms with Crippen molar-refractivity contribution in [1.29, 1.82) is 0 Å². The summed E-state index contributed by atoms with van der Waals surface area (Å²) in [6.07, 6.45) is 0. The molecule has 0 unspecified atom stereocenters. The first-order chi connectivity index (χ1) is 15.8. The third-order valence-electron chi connectivity index (χ3n) is 4.92. The summed E-state index contributed by atoms with van der Waals surface area (Å²) >= 11 is 3.63. The van der Waals surface area contributed by atoms with Crippen LogP contribution < -0.4 is 14.8 Å². The van der Waals surface area contributed by atoms with Crippen molar-refractivity contribution in [2.24, 2.45) is 7.05 Å². The van der Waals surface area contributed by atoms with Crippen molar-refractivity contribution < 1.29 is 14.3 Å². The number of aryl methyl sites for hydroxylation is 1. The summed E-state index contributed by atoms with van der Waals surface area (Å²) in [5.74, 6) is 2.52. The number of anilines is 1. The Kier molecular flexibility index (Phi) is 9.02. The Morgan fingerprint density at radius 3 is 2.67 bits per heavy atom. The van der Waals surface area contributed by atoms with Crippen LogP contribution in [-0.2, 0) is 18.4 Å². The topological polar surface area (TPSA) is 78.3 Å². The summed E-state index contributed by atoms with van der Waals surface area (Å²) in [6.45, 7) is 9.00. The van der Waals surface area contributed by atoms with Gasteiger partial charge in [0.05, 0.1) is 12.4 Å².